The van der Waals surface area contributed by atoms with Gasteiger partial charge in [-0.2, -0.15) is 0 Å². The molecule has 6 heteroatoms. The number of imidazole rings is 1. The highest BCUT2D eigenvalue weighted by molar-refractivity contribution is 5.59. The molecule has 0 bridgehead atoms. The van der Waals surface area contributed by atoms with Crippen molar-refractivity contribution in [2.45, 2.75) is 51.1 Å². The number of aromatic nitrogens is 5. The molecule has 0 amide bonds. The molecule has 2 aliphatic carbocycles. The van der Waals surface area contributed by atoms with Crippen LogP contribution < -0.4 is 4.90 Å². The molecule has 1 fully saturated rings. The molecule has 4 heterocycles. The van der Waals surface area contributed by atoms with Gasteiger partial charge in [-0.3, -0.25) is 4.98 Å². The van der Waals surface area contributed by atoms with Crippen LogP contribution in [0.4, 0.5) is 5.82 Å². The molecule has 0 N–H and O–H groups in total. The number of hydrogen-bond acceptors (Lipinski definition) is 5. The summed E-state index contributed by atoms with van der Waals surface area (Å²) >= 11 is 0. The largest absolute Gasteiger partial charge is 0.350 e. The summed E-state index contributed by atoms with van der Waals surface area (Å²) in [7, 11) is 0. The first-order valence-electron chi connectivity index (χ1n) is 9.97. The van der Waals surface area contributed by atoms with Crippen LogP contribution in [-0.2, 0) is 25.8 Å². The monoisotopic (exact) mass is 358 g/mol. The zero-order chi connectivity index (χ0) is 17.8. The molecular formula is C21H22N6. The maximum absolute atomic E-state index is 4.98. The predicted octanol–water partition coefficient (Wildman–Crippen LogP) is 3.12. The average Bonchev–Trinajstić information content (AvgIpc) is 3.29. The third kappa shape index (κ3) is 2.54. The fraction of sp³-hybridized carbons (Fsp3) is 0.429. The molecule has 0 atom stereocenters. The Hall–Kier alpha value is -2.76. The summed E-state index contributed by atoms with van der Waals surface area (Å²) in [6.45, 7) is 1.84. The quantitative estimate of drug-likeness (QED) is 0.720. The first-order valence-corrected chi connectivity index (χ1v) is 9.97. The number of anilines is 1. The Labute approximate surface area is 158 Å². The van der Waals surface area contributed by atoms with E-state index in [0.29, 0.717) is 6.04 Å². The van der Waals surface area contributed by atoms with Gasteiger partial charge in [-0.25, -0.2) is 15.0 Å². The van der Waals surface area contributed by atoms with E-state index in [9.17, 15) is 0 Å². The van der Waals surface area contributed by atoms with Crippen LogP contribution in [0.1, 0.15) is 47.9 Å². The minimum atomic E-state index is 0.701. The Balaban J connectivity index is 1.39. The maximum Gasteiger partial charge on any atom is 0.180 e. The molecule has 0 aromatic carbocycles. The highest BCUT2D eigenvalue weighted by atomic mass is 15.2. The Morgan fingerprint density at radius 2 is 1.93 bits per heavy atom. The number of fused-ring (bicyclic) bond motifs is 2. The summed E-state index contributed by atoms with van der Waals surface area (Å²) in [6, 6.07) is 6.62. The van der Waals surface area contributed by atoms with Crippen molar-refractivity contribution < 1.29 is 0 Å². The van der Waals surface area contributed by atoms with E-state index in [4.69, 9.17) is 15.0 Å². The van der Waals surface area contributed by atoms with E-state index in [1.165, 1.54) is 35.5 Å². The van der Waals surface area contributed by atoms with E-state index >= 15 is 0 Å². The lowest BCUT2D eigenvalue weighted by atomic mass is 10.1. The summed E-state index contributed by atoms with van der Waals surface area (Å²) in [4.78, 5) is 21.4. The molecule has 6 nitrogen and oxygen atoms in total. The standard InChI is InChI=1S/C21H22N6/c1-2-10-22-17(5-1)20-24-16-6-3-4-15(16)21(25-20)26-11-9-19-18(12-26)23-13-27(19)14-7-8-14/h1-2,5,10,13-14H,3-4,6-9,11-12H2. The van der Waals surface area contributed by atoms with Crippen molar-refractivity contribution in [1.29, 1.82) is 0 Å². The molecule has 6 rings (SSSR count). The number of nitrogens with zero attached hydrogens (tertiary/aromatic N) is 6. The molecule has 0 radical (unpaired) electrons. The lowest BCUT2D eigenvalue weighted by molar-refractivity contribution is 0.636. The number of aryl methyl sites for hydroxylation is 1. The van der Waals surface area contributed by atoms with Gasteiger partial charge in [0.1, 0.15) is 11.5 Å². The molecule has 3 aromatic rings. The predicted molar refractivity (Wildman–Crippen MR) is 103 cm³/mol. The number of pyridine rings is 1. The van der Waals surface area contributed by atoms with E-state index in [1.54, 1.807) is 0 Å². The SMILES string of the molecule is c1ccc(-c2nc3c(c(N4CCc5c(ncn5C5CC5)C4)n2)CCC3)nc1. The van der Waals surface area contributed by atoms with Crippen LogP contribution in [0.3, 0.4) is 0 Å². The third-order valence-electron chi connectivity index (χ3n) is 5.99. The van der Waals surface area contributed by atoms with Crippen LogP contribution in [-0.4, -0.2) is 31.0 Å². The van der Waals surface area contributed by atoms with Crippen molar-refractivity contribution in [2.24, 2.45) is 0 Å². The second-order valence-corrected chi connectivity index (χ2v) is 7.81. The Kier molecular flexibility index (Phi) is 3.33. The maximum atomic E-state index is 4.98. The normalized spacial score (nSPS) is 18.4. The highest BCUT2D eigenvalue weighted by Crippen LogP contribution is 2.38. The van der Waals surface area contributed by atoms with Crippen LogP contribution in [0.2, 0.25) is 0 Å². The van der Waals surface area contributed by atoms with E-state index < -0.39 is 0 Å². The minimum absolute atomic E-state index is 0.701. The molecule has 0 saturated heterocycles. The van der Waals surface area contributed by atoms with Gasteiger partial charge in [0, 0.05) is 42.2 Å². The molecule has 136 valence electrons. The first kappa shape index (κ1) is 15.3. The zero-order valence-corrected chi connectivity index (χ0v) is 15.3. The van der Waals surface area contributed by atoms with Crippen molar-refractivity contribution in [3.8, 4) is 11.5 Å². The molecule has 0 spiro atoms. The fourth-order valence-corrected chi connectivity index (χ4v) is 4.46. The summed E-state index contributed by atoms with van der Waals surface area (Å²) in [5.41, 5.74) is 6.04. The van der Waals surface area contributed by atoms with Crippen molar-refractivity contribution in [3.63, 3.8) is 0 Å². The van der Waals surface area contributed by atoms with E-state index in [-0.39, 0.29) is 0 Å². The van der Waals surface area contributed by atoms with Crippen LogP contribution in [0.5, 0.6) is 0 Å². The van der Waals surface area contributed by atoms with Crippen molar-refractivity contribution >= 4 is 5.82 Å². The van der Waals surface area contributed by atoms with Gasteiger partial charge in [0.15, 0.2) is 5.82 Å². The molecule has 1 aliphatic heterocycles. The minimum Gasteiger partial charge on any atom is -0.350 e. The summed E-state index contributed by atoms with van der Waals surface area (Å²) in [5.74, 6) is 1.85. The van der Waals surface area contributed by atoms with Crippen LogP contribution in [0, 0.1) is 0 Å². The molecular weight excluding hydrogens is 336 g/mol. The van der Waals surface area contributed by atoms with Gasteiger partial charge >= 0.3 is 0 Å². The molecule has 3 aliphatic rings. The second kappa shape index (κ2) is 5.87. The Morgan fingerprint density at radius 1 is 0.963 bits per heavy atom. The number of hydrogen-bond donors (Lipinski definition) is 0. The van der Waals surface area contributed by atoms with Crippen molar-refractivity contribution in [1.82, 2.24) is 24.5 Å². The molecule has 1 saturated carbocycles. The lowest BCUT2D eigenvalue weighted by Crippen LogP contribution is -2.33. The first-order chi connectivity index (χ1) is 13.4. The van der Waals surface area contributed by atoms with Crippen molar-refractivity contribution in [3.05, 3.63) is 53.4 Å². The van der Waals surface area contributed by atoms with Gasteiger partial charge in [0.2, 0.25) is 0 Å². The van der Waals surface area contributed by atoms with Crippen LogP contribution in [0.25, 0.3) is 11.5 Å². The number of rotatable bonds is 3. The fourth-order valence-electron chi connectivity index (χ4n) is 4.46. The van der Waals surface area contributed by atoms with E-state index in [2.05, 4.69) is 20.8 Å². The van der Waals surface area contributed by atoms with Crippen LogP contribution >= 0.6 is 0 Å². The van der Waals surface area contributed by atoms with Gasteiger partial charge in [0.05, 0.1) is 18.6 Å². The summed E-state index contributed by atoms with van der Waals surface area (Å²) < 4.78 is 2.41. The van der Waals surface area contributed by atoms with Gasteiger partial charge < -0.3 is 9.47 Å². The van der Waals surface area contributed by atoms with Crippen LogP contribution in [0.15, 0.2) is 30.7 Å². The Morgan fingerprint density at radius 3 is 2.78 bits per heavy atom. The molecule has 0 unspecified atom stereocenters. The van der Waals surface area contributed by atoms with Gasteiger partial charge in [0.25, 0.3) is 0 Å². The van der Waals surface area contributed by atoms with Gasteiger partial charge in [-0.15, -0.1) is 0 Å². The van der Waals surface area contributed by atoms with Crippen molar-refractivity contribution in [2.75, 3.05) is 11.4 Å². The summed E-state index contributed by atoms with van der Waals surface area (Å²) in [6.07, 6.45) is 10.8. The van der Waals surface area contributed by atoms with E-state index in [0.717, 1.165) is 56.1 Å². The van der Waals surface area contributed by atoms with Gasteiger partial charge in [-0.05, 0) is 44.2 Å². The summed E-state index contributed by atoms with van der Waals surface area (Å²) in [5, 5.41) is 0. The topological polar surface area (TPSA) is 59.7 Å². The molecule has 27 heavy (non-hydrogen) atoms. The zero-order valence-electron chi connectivity index (χ0n) is 15.3. The smallest absolute Gasteiger partial charge is 0.180 e. The third-order valence-corrected chi connectivity index (χ3v) is 5.99. The highest BCUT2D eigenvalue weighted by Gasteiger charge is 2.31. The van der Waals surface area contributed by atoms with E-state index in [1.807, 2.05) is 24.4 Å². The Bertz CT molecular complexity index is 1010. The average molecular weight is 358 g/mol. The molecule has 3 aromatic heterocycles. The van der Waals surface area contributed by atoms with Gasteiger partial charge in [-0.1, -0.05) is 6.07 Å². The lowest BCUT2D eigenvalue weighted by Gasteiger charge is -2.30. The second-order valence-electron chi connectivity index (χ2n) is 7.81.